The molecule has 1 unspecified atom stereocenters. The second-order valence-electron chi connectivity index (χ2n) is 4.57. The molecule has 2 rings (SSSR count). The molecule has 0 saturated carbocycles. The number of hydrogen-bond acceptors (Lipinski definition) is 2. The molecule has 0 aliphatic carbocycles. The third-order valence-corrected chi connectivity index (χ3v) is 3.30. The fourth-order valence-corrected chi connectivity index (χ4v) is 1.79. The van der Waals surface area contributed by atoms with E-state index in [1.807, 2.05) is 12.5 Å². The monoisotopic (exact) mass is 193 g/mol. The van der Waals surface area contributed by atoms with E-state index in [4.69, 9.17) is 0 Å². The van der Waals surface area contributed by atoms with Crippen LogP contribution >= 0.6 is 0 Å². The van der Waals surface area contributed by atoms with Crippen molar-refractivity contribution in [1.29, 1.82) is 0 Å². The first kappa shape index (κ1) is 9.71. The number of nitrogens with one attached hydrogen (secondary N) is 1. The van der Waals surface area contributed by atoms with Gasteiger partial charge in [0.15, 0.2) is 0 Å². The summed E-state index contributed by atoms with van der Waals surface area (Å²) in [7, 11) is 0. The van der Waals surface area contributed by atoms with Gasteiger partial charge < -0.3 is 9.88 Å². The fraction of sp³-hybridized carbons (Fsp3) is 0.727. The van der Waals surface area contributed by atoms with Crippen LogP contribution in [-0.2, 0) is 0 Å². The van der Waals surface area contributed by atoms with Gasteiger partial charge in [-0.05, 0) is 12.8 Å². The summed E-state index contributed by atoms with van der Waals surface area (Å²) < 4.78 is 2.33. The van der Waals surface area contributed by atoms with Crippen molar-refractivity contribution in [3.05, 3.63) is 18.2 Å². The molecule has 1 saturated heterocycles. The molecule has 1 N–H and O–H groups in total. The van der Waals surface area contributed by atoms with Gasteiger partial charge in [0.25, 0.3) is 0 Å². The summed E-state index contributed by atoms with van der Waals surface area (Å²) in [5.74, 6) is 1.34. The van der Waals surface area contributed by atoms with Crippen LogP contribution in [-0.4, -0.2) is 22.6 Å². The van der Waals surface area contributed by atoms with E-state index in [-0.39, 0.29) is 0 Å². The number of aromatic nitrogens is 2. The first-order chi connectivity index (χ1) is 6.70. The van der Waals surface area contributed by atoms with Gasteiger partial charge in [0.2, 0.25) is 0 Å². The van der Waals surface area contributed by atoms with Gasteiger partial charge in [0.05, 0.1) is 6.33 Å². The highest BCUT2D eigenvalue weighted by atomic mass is 15.1. The lowest BCUT2D eigenvalue weighted by atomic mass is 9.98. The average Bonchev–Trinajstić information content (AvgIpc) is 2.48. The topological polar surface area (TPSA) is 29.9 Å². The first-order valence-corrected chi connectivity index (χ1v) is 5.42. The maximum Gasteiger partial charge on any atom is 0.0950 e. The first-order valence-electron chi connectivity index (χ1n) is 5.42. The summed E-state index contributed by atoms with van der Waals surface area (Å²) in [6.07, 6.45) is 3.99. The molecule has 3 heteroatoms. The highest BCUT2D eigenvalue weighted by Crippen LogP contribution is 2.25. The standard InChI is InChI=1S/C11H19N3/c1-8(2)9(3)14-7-13-6-11(14)10-4-12-5-10/h6-10,12H,4-5H2,1-3H3. The lowest BCUT2D eigenvalue weighted by Crippen LogP contribution is -2.41. The summed E-state index contributed by atoms with van der Waals surface area (Å²) in [4.78, 5) is 4.26. The number of hydrogen-bond donors (Lipinski definition) is 1. The van der Waals surface area contributed by atoms with Crippen LogP contribution in [0.4, 0.5) is 0 Å². The van der Waals surface area contributed by atoms with Crippen LogP contribution < -0.4 is 5.32 Å². The Kier molecular flexibility index (Phi) is 2.59. The van der Waals surface area contributed by atoms with Gasteiger partial charge >= 0.3 is 0 Å². The second-order valence-corrected chi connectivity index (χ2v) is 4.57. The van der Waals surface area contributed by atoms with Crippen LogP contribution in [0.5, 0.6) is 0 Å². The van der Waals surface area contributed by atoms with Crippen molar-refractivity contribution in [3.63, 3.8) is 0 Å². The molecule has 0 aromatic carbocycles. The van der Waals surface area contributed by atoms with Gasteiger partial charge in [0, 0.05) is 36.9 Å². The predicted molar refractivity (Wildman–Crippen MR) is 57.4 cm³/mol. The molecular formula is C11H19N3. The summed E-state index contributed by atoms with van der Waals surface area (Å²) in [6, 6.07) is 0.549. The molecule has 1 atom stereocenters. The fourth-order valence-electron chi connectivity index (χ4n) is 1.79. The van der Waals surface area contributed by atoms with Crippen LogP contribution in [0.15, 0.2) is 12.5 Å². The van der Waals surface area contributed by atoms with Crippen molar-refractivity contribution < 1.29 is 0 Å². The molecule has 0 amide bonds. The van der Waals surface area contributed by atoms with E-state index in [2.05, 4.69) is 35.6 Å². The second kappa shape index (κ2) is 3.73. The van der Waals surface area contributed by atoms with Crippen molar-refractivity contribution in [2.24, 2.45) is 5.92 Å². The largest absolute Gasteiger partial charge is 0.331 e. The van der Waals surface area contributed by atoms with E-state index in [1.54, 1.807) is 0 Å². The van der Waals surface area contributed by atoms with Crippen molar-refractivity contribution in [3.8, 4) is 0 Å². The van der Waals surface area contributed by atoms with Crippen molar-refractivity contribution in [2.75, 3.05) is 13.1 Å². The lowest BCUT2D eigenvalue weighted by Gasteiger charge is -2.30. The zero-order valence-electron chi connectivity index (χ0n) is 9.20. The van der Waals surface area contributed by atoms with Gasteiger partial charge in [-0.3, -0.25) is 0 Å². The highest BCUT2D eigenvalue weighted by Gasteiger charge is 2.24. The molecule has 1 aliphatic heterocycles. The molecule has 0 spiro atoms. The maximum absolute atomic E-state index is 4.26. The van der Waals surface area contributed by atoms with Crippen molar-refractivity contribution in [1.82, 2.24) is 14.9 Å². The van der Waals surface area contributed by atoms with Crippen molar-refractivity contribution in [2.45, 2.75) is 32.7 Å². The maximum atomic E-state index is 4.26. The zero-order chi connectivity index (χ0) is 10.1. The van der Waals surface area contributed by atoms with Crippen LogP contribution in [0.3, 0.4) is 0 Å². The third kappa shape index (κ3) is 1.57. The minimum Gasteiger partial charge on any atom is -0.331 e. The molecule has 0 bridgehead atoms. The molecule has 1 aromatic rings. The highest BCUT2D eigenvalue weighted by molar-refractivity contribution is 5.12. The number of imidazole rings is 1. The van der Waals surface area contributed by atoms with Gasteiger partial charge in [0.1, 0.15) is 0 Å². The van der Waals surface area contributed by atoms with E-state index < -0.39 is 0 Å². The van der Waals surface area contributed by atoms with Crippen LogP contribution in [0.25, 0.3) is 0 Å². The van der Waals surface area contributed by atoms with Crippen LogP contribution in [0, 0.1) is 5.92 Å². The summed E-state index contributed by atoms with van der Waals surface area (Å²) in [5, 5.41) is 3.30. The minimum absolute atomic E-state index is 0.549. The molecule has 78 valence electrons. The molecular weight excluding hydrogens is 174 g/mol. The molecule has 2 heterocycles. The molecule has 14 heavy (non-hydrogen) atoms. The van der Waals surface area contributed by atoms with Gasteiger partial charge in [-0.2, -0.15) is 0 Å². The average molecular weight is 193 g/mol. The Bertz CT molecular complexity index is 299. The third-order valence-electron chi connectivity index (χ3n) is 3.30. The van der Waals surface area contributed by atoms with Crippen molar-refractivity contribution >= 4 is 0 Å². The molecule has 3 nitrogen and oxygen atoms in total. The Morgan fingerprint density at radius 1 is 1.43 bits per heavy atom. The molecule has 1 fully saturated rings. The van der Waals surface area contributed by atoms with Crippen LogP contribution in [0.2, 0.25) is 0 Å². The normalized spacial score (nSPS) is 19.7. The summed E-state index contributed by atoms with van der Waals surface area (Å²) in [5.41, 5.74) is 1.39. The molecule has 0 radical (unpaired) electrons. The summed E-state index contributed by atoms with van der Waals surface area (Å²) >= 11 is 0. The smallest absolute Gasteiger partial charge is 0.0950 e. The minimum atomic E-state index is 0.549. The predicted octanol–water partition coefficient (Wildman–Crippen LogP) is 1.79. The zero-order valence-corrected chi connectivity index (χ0v) is 9.20. The number of nitrogens with zero attached hydrogens (tertiary/aromatic N) is 2. The van der Waals surface area contributed by atoms with Gasteiger partial charge in [-0.1, -0.05) is 13.8 Å². The Hall–Kier alpha value is -0.830. The van der Waals surface area contributed by atoms with Gasteiger partial charge in [-0.25, -0.2) is 4.98 Å². The van der Waals surface area contributed by atoms with E-state index >= 15 is 0 Å². The lowest BCUT2D eigenvalue weighted by molar-refractivity contribution is 0.363. The molecule has 1 aliphatic rings. The van der Waals surface area contributed by atoms with E-state index in [0.29, 0.717) is 17.9 Å². The van der Waals surface area contributed by atoms with E-state index in [1.165, 1.54) is 5.69 Å². The van der Waals surface area contributed by atoms with E-state index in [0.717, 1.165) is 13.1 Å². The van der Waals surface area contributed by atoms with Gasteiger partial charge in [-0.15, -0.1) is 0 Å². The van der Waals surface area contributed by atoms with E-state index in [9.17, 15) is 0 Å². The van der Waals surface area contributed by atoms with Crippen LogP contribution in [0.1, 0.15) is 38.4 Å². The number of rotatable bonds is 3. The molecule has 1 aromatic heterocycles. The summed E-state index contributed by atoms with van der Waals surface area (Å²) in [6.45, 7) is 9.00. The Balaban J connectivity index is 2.20. The Labute approximate surface area is 85.5 Å². The quantitative estimate of drug-likeness (QED) is 0.793. The Morgan fingerprint density at radius 3 is 2.64 bits per heavy atom. The SMILES string of the molecule is CC(C)C(C)n1cncc1C1CNC1. The Morgan fingerprint density at radius 2 is 2.14 bits per heavy atom.